The van der Waals surface area contributed by atoms with Gasteiger partial charge < -0.3 is 15.7 Å². The average molecular weight is 308 g/mol. The molecule has 1 saturated heterocycles. The molecule has 0 aliphatic carbocycles. The highest BCUT2D eigenvalue weighted by atomic mass is 32.2. The predicted octanol–water partition coefficient (Wildman–Crippen LogP) is 2.53. The molecule has 0 aromatic heterocycles. The lowest BCUT2D eigenvalue weighted by atomic mass is 10.0. The van der Waals surface area contributed by atoms with Gasteiger partial charge in [0.25, 0.3) is 0 Å². The van der Waals surface area contributed by atoms with Crippen molar-refractivity contribution in [3.8, 4) is 0 Å². The van der Waals surface area contributed by atoms with Crippen molar-refractivity contribution in [3.05, 3.63) is 34.9 Å². The summed E-state index contributed by atoms with van der Waals surface area (Å²) in [6, 6.07) is 5.99. The van der Waals surface area contributed by atoms with E-state index in [1.165, 1.54) is 11.1 Å². The van der Waals surface area contributed by atoms with E-state index in [9.17, 15) is 9.90 Å². The minimum atomic E-state index is -0.745. The summed E-state index contributed by atoms with van der Waals surface area (Å²) < 4.78 is 0. The molecule has 1 aliphatic heterocycles. The minimum Gasteiger partial charge on any atom is -0.387 e. The van der Waals surface area contributed by atoms with Gasteiger partial charge in [-0.1, -0.05) is 29.3 Å². The van der Waals surface area contributed by atoms with Crippen molar-refractivity contribution in [1.29, 1.82) is 0 Å². The number of hydrogen-bond donors (Lipinski definition) is 3. The van der Waals surface area contributed by atoms with E-state index in [4.69, 9.17) is 0 Å². The topological polar surface area (TPSA) is 61.4 Å². The fourth-order valence-corrected chi connectivity index (χ4v) is 3.87. The van der Waals surface area contributed by atoms with Gasteiger partial charge in [0.2, 0.25) is 0 Å². The molecule has 1 fully saturated rings. The molecular formula is C16H24N2O2S. The minimum absolute atomic E-state index is 0.0591. The van der Waals surface area contributed by atoms with Crippen molar-refractivity contribution in [3.63, 3.8) is 0 Å². The predicted molar refractivity (Wildman–Crippen MR) is 87.8 cm³/mol. The third kappa shape index (κ3) is 4.64. The van der Waals surface area contributed by atoms with Gasteiger partial charge in [0.1, 0.15) is 0 Å². The first-order valence-electron chi connectivity index (χ1n) is 7.31. The van der Waals surface area contributed by atoms with Crippen LogP contribution in [-0.2, 0) is 0 Å². The van der Waals surface area contributed by atoms with Gasteiger partial charge in [0.15, 0.2) is 0 Å². The Morgan fingerprint density at radius 2 is 2.05 bits per heavy atom. The van der Waals surface area contributed by atoms with E-state index < -0.39 is 5.60 Å². The van der Waals surface area contributed by atoms with Gasteiger partial charge in [0.05, 0.1) is 11.6 Å². The van der Waals surface area contributed by atoms with E-state index in [0.29, 0.717) is 12.3 Å². The van der Waals surface area contributed by atoms with Gasteiger partial charge in [-0.05, 0) is 38.5 Å². The van der Waals surface area contributed by atoms with E-state index in [-0.39, 0.29) is 12.1 Å². The molecule has 2 amide bonds. The number of aliphatic hydroxyl groups is 1. The lowest BCUT2D eigenvalue weighted by Gasteiger charge is -2.23. The molecule has 5 heteroatoms. The quantitative estimate of drug-likeness (QED) is 0.801. The molecule has 2 atom stereocenters. The summed E-state index contributed by atoms with van der Waals surface area (Å²) >= 11 is 1.72. The summed E-state index contributed by atoms with van der Waals surface area (Å²) in [5.74, 6) is 1.65. The van der Waals surface area contributed by atoms with Gasteiger partial charge in [-0.25, -0.2) is 4.79 Å². The summed E-state index contributed by atoms with van der Waals surface area (Å²) in [5.41, 5.74) is 2.73. The Morgan fingerprint density at radius 1 is 1.38 bits per heavy atom. The van der Waals surface area contributed by atoms with Crippen molar-refractivity contribution in [2.75, 3.05) is 18.1 Å². The van der Waals surface area contributed by atoms with Crippen LogP contribution < -0.4 is 10.6 Å². The van der Waals surface area contributed by atoms with E-state index in [1.807, 2.05) is 6.92 Å². The van der Waals surface area contributed by atoms with Crippen molar-refractivity contribution >= 4 is 17.8 Å². The summed E-state index contributed by atoms with van der Waals surface area (Å²) in [4.78, 5) is 12.0. The highest BCUT2D eigenvalue weighted by molar-refractivity contribution is 7.99. The lowest BCUT2D eigenvalue weighted by molar-refractivity contribution is 0.0699. The number of hydrogen-bond acceptors (Lipinski definition) is 3. The van der Waals surface area contributed by atoms with Crippen molar-refractivity contribution in [2.45, 2.75) is 38.8 Å². The van der Waals surface area contributed by atoms with Crippen LogP contribution in [0.25, 0.3) is 0 Å². The van der Waals surface area contributed by atoms with E-state index >= 15 is 0 Å². The number of rotatable bonds is 4. The van der Waals surface area contributed by atoms with E-state index in [1.54, 1.807) is 11.8 Å². The van der Waals surface area contributed by atoms with Crippen molar-refractivity contribution < 1.29 is 9.90 Å². The van der Waals surface area contributed by atoms with E-state index in [2.05, 4.69) is 42.7 Å². The Kier molecular flexibility index (Phi) is 5.17. The second kappa shape index (κ2) is 6.71. The Hall–Kier alpha value is -1.20. The van der Waals surface area contributed by atoms with Crippen LogP contribution in [0.5, 0.6) is 0 Å². The molecular weight excluding hydrogens is 284 g/mol. The number of benzene rings is 1. The molecule has 4 nitrogen and oxygen atoms in total. The fraction of sp³-hybridized carbons (Fsp3) is 0.562. The SMILES string of the molecule is Cc1cc(C)cc(C(C)NC(=O)NCC2(O)CCSC2)c1. The summed E-state index contributed by atoms with van der Waals surface area (Å²) in [6.45, 7) is 6.38. The largest absolute Gasteiger partial charge is 0.387 e. The second-order valence-corrected chi connectivity index (χ2v) is 7.10. The second-order valence-electron chi connectivity index (χ2n) is 6.00. The van der Waals surface area contributed by atoms with Crippen LogP contribution in [0.4, 0.5) is 4.79 Å². The molecule has 1 heterocycles. The van der Waals surface area contributed by atoms with Gasteiger partial charge in [-0.15, -0.1) is 0 Å². The van der Waals surface area contributed by atoms with Crippen molar-refractivity contribution in [1.82, 2.24) is 10.6 Å². The third-order valence-corrected chi connectivity index (χ3v) is 4.99. The maximum Gasteiger partial charge on any atom is 0.315 e. The third-order valence-electron chi connectivity index (χ3n) is 3.75. The van der Waals surface area contributed by atoms with Gasteiger partial charge in [-0.3, -0.25) is 0 Å². The number of aryl methyl sites for hydroxylation is 2. The Balaban J connectivity index is 1.86. The lowest BCUT2D eigenvalue weighted by Crippen LogP contribution is -2.46. The number of carbonyl (C=O) groups is 1. The first-order chi connectivity index (χ1) is 9.88. The molecule has 116 valence electrons. The normalized spacial score (nSPS) is 22.9. The summed E-state index contributed by atoms with van der Waals surface area (Å²) in [5, 5.41) is 15.9. The monoisotopic (exact) mass is 308 g/mol. The number of nitrogens with one attached hydrogen (secondary N) is 2. The zero-order valence-corrected chi connectivity index (χ0v) is 13.7. The molecule has 0 radical (unpaired) electrons. The average Bonchev–Trinajstić information content (AvgIpc) is 2.83. The van der Waals surface area contributed by atoms with Gasteiger partial charge in [0, 0.05) is 12.3 Å². The molecule has 0 spiro atoms. The highest BCUT2D eigenvalue weighted by Crippen LogP contribution is 2.26. The number of urea groups is 1. The molecule has 1 aromatic rings. The molecule has 0 bridgehead atoms. The zero-order chi connectivity index (χ0) is 15.5. The smallest absolute Gasteiger partial charge is 0.315 e. The van der Waals surface area contributed by atoms with Crippen LogP contribution in [0.15, 0.2) is 18.2 Å². The van der Waals surface area contributed by atoms with Crippen LogP contribution in [0, 0.1) is 13.8 Å². The summed E-state index contributed by atoms with van der Waals surface area (Å²) in [7, 11) is 0. The maximum atomic E-state index is 12.0. The number of amides is 2. The van der Waals surface area contributed by atoms with Crippen LogP contribution in [-0.4, -0.2) is 34.8 Å². The molecule has 3 N–H and O–H groups in total. The number of carbonyl (C=O) groups excluding carboxylic acids is 1. The Morgan fingerprint density at radius 3 is 2.62 bits per heavy atom. The standard InChI is InChI=1S/C16H24N2O2S/c1-11-6-12(2)8-14(7-11)13(3)18-15(19)17-9-16(20)4-5-21-10-16/h6-8,13,20H,4-5,9-10H2,1-3H3,(H2,17,18,19). The zero-order valence-electron chi connectivity index (χ0n) is 12.9. The Bertz CT molecular complexity index is 493. The Labute approximate surface area is 130 Å². The first kappa shape index (κ1) is 16.2. The summed E-state index contributed by atoms with van der Waals surface area (Å²) in [6.07, 6.45) is 0.741. The van der Waals surface area contributed by atoms with Gasteiger partial charge in [-0.2, -0.15) is 11.8 Å². The van der Waals surface area contributed by atoms with Gasteiger partial charge >= 0.3 is 6.03 Å². The molecule has 2 unspecified atom stereocenters. The molecule has 1 aliphatic rings. The van der Waals surface area contributed by atoms with Crippen LogP contribution in [0.2, 0.25) is 0 Å². The van der Waals surface area contributed by atoms with E-state index in [0.717, 1.165) is 17.7 Å². The van der Waals surface area contributed by atoms with Crippen LogP contribution >= 0.6 is 11.8 Å². The molecule has 0 saturated carbocycles. The molecule has 2 rings (SSSR count). The molecule has 1 aromatic carbocycles. The highest BCUT2D eigenvalue weighted by Gasteiger charge is 2.32. The van der Waals surface area contributed by atoms with Crippen LogP contribution in [0.1, 0.15) is 36.1 Å². The van der Waals surface area contributed by atoms with Crippen molar-refractivity contribution in [2.24, 2.45) is 0 Å². The molecule has 21 heavy (non-hydrogen) atoms. The number of thioether (sulfide) groups is 1. The fourth-order valence-electron chi connectivity index (χ4n) is 2.57. The maximum absolute atomic E-state index is 12.0. The van der Waals surface area contributed by atoms with Crippen LogP contribution in [0.3, 0.4) is 0 Å². The first-order valence-corrected chi connectivity index (χ1v) is 8.46.